The summed E-state index contributed by atoms with van der Waals surface area (Å²) < 4.78 is 1.82. The van der Waals surface area contributed by atoms with Gasteiger partial charge in [-0.15, -0.1) is 0 Å². The molecule has 1 aromatic carbocycles. The van der Waals surface area contributed by atoms with Crippen molar-refractivity contribution in [1.29, 1.82) is 0 Å². The third-order valence-corrected chi connectivity index (χ3v) is 3.66. The molecule has 0 unspecified atom stereocenters. The molecular weight excluding hydrogens is 314 g/mol. The number of aryl methyl sites for hydroxylation is 1. The first-order chi connectivity index (χ1) is 11.2. The Labute approximate surface area is 138 Å². The third kappa shape index (κ3) is 3.60. The summed E-state index contributed by atoms with van der Waals surface area (Å²) in [4.78, 5) is 12.2. The van der Waals surface area contributed by atoms with Crippen molar-refractivity contribution in [1.82, 2.24) is 25.3 Å². The molecule has 3 rings (SSSR count). The van der Waals surface area contributed by atoms with E-state index in [1.54, 1.807) is 18.2 Å². The van der Waals surface area contributed by atoms with Crippen molar-refractivity contribution >= 4 is 17.5 Å². The highest BCUT2D eigenvalue weighted by molar-refractivity contribution is 6.30. The number of amides is 1. The number of nitrogens with zero attached hydrogens (tertiary/aromatic N) is 3. The predicted octanol–water partition coefficient (Wildman–Crippen LogP) is 2.88. The van der Waals surface area contributed by atoms with Gasteiger partial charge in [-0.1, -0.05) is 23.7 Å². The molecule has 7 heteroatoms. The number of benzene rings is 1. The molecule has 0 fully saturated rings. The minimum absolute atomic E-state index is 0.219. The monoisotopic (exact) mass is 329 g/mol. The Bertz CT molecular complexity index is 806. The molecule has 2 N–H and O–H groups in total. The molecule has 3 aromatic rings. The molecule has 0 aliphatic rings. The summed E-state index contributed by atoms with van der Waals surface area (Å²) in [5.41, 5.74) is 2.82. The Balaban J connectivity index is 1.65. The number of aromatic amines is 1. The highest BCUT2D eigenvalue weighted by Gasteiger charge is 2.11. The van der Waals surface area contributed by atoms with E-state index in [-0.39, 0.29) is 5.91 Å². The fourth-order valence-electron chi connectivity index (χ4n) is 2.15. The average molecular weight is 330 g/mol. The lowest BCUT2D eigenvalue weighted by Gasteiger charge is -2.00. The second-order valence-corrected chi connectivity index (χ2v) is 5.46. The third-order valence-electron chi connectivity index (χ3n) is 3.41. The van der Waals surface area contributed by atoms with Gasteiger partial charge in [0.15, 0.2) is 0 Å². The van der Waals surface area contributed by atoms with Crippen molar-refractivity contribution in [2.45, 2.75) is 20.0 Å². The highest BCUT2D eigenvalue weighted by Crippen LogP contribution is 2.20. The van der Waals surface area contributed by atoms with Crippen LogP contribution >= 0.6 is 11.6 Å². The lowest BCUT2D eigenvalue weighted by Crippen LogP contribution is -2.23. The van der Waals surface area contributed by atoms with Gasteiger partial charge in [-0.3, -0.25) is 14.6 Å². The van der Waals surface area contributed by atoms with Crippen molar-refractivity contribution in [3.63, 3.8) is 0 Å². The molecule has 2 aromatic heterocycles. The molecule has 1 amide bonds. The fourth-order valence-corrected chi connectivity index (χ4v) is 2.27. The summed E-state index contributed by atoms with van der Waals surface area (Å²) >= 11 is 5.87. The van der Waals surface area contributed by atoms with E-state index in [9.17, 15) is 4.79 Å². The van der Waals surface area contributed by atoms with Gasteiger partial charge in [-0.25, -0.2) is 0 Å². The normalized spacial score (nSPS) is 10.7. The number of H-pyrrole nitrogens is 1. The summed E-state index contributed by atoms with van der Waals surface area (Å²) in [5.74, 6) is -0.219. The summed E-state index contributed by atoms with van der Waals surface area (Å²) in [6, 6.07) is 10.9. The van der Waals surface area contributed by atoms with Crippen molar-refractivity contribution in [3.05, 3.63) is 59.0 Å². The van der Waals surface area contributed by atoms with Crippen LogP contribution in [0.15, 0.2) is 42.6 Å². The second-order valence-electron chi connectivity index (χ2n) is 5.02. The number of aromatic nitrogens is 4. The average Bonchev–Trinajstić information content (AvgIpc) is 3.22. The minimum atomic E-state index is -0.219. The molecule has 0 spiro atoms. The maximum atomic E-state index is 12.2. The van der Waals surface area contributed by atoms with Crippen LogP contribution in [-0.2, 0) is 13.1 Å². The van der Waals surface area contributed by atoms with Crippen LogP contribution < -0.4 is 5.32 Å². The lowest BCUT2D eigenvalue weighted by atomic mass is 10.1. The topological polar surface area (TPSA) is 75.6 Å². The molecule has 2 heterocycles. The summed E-state index contributed by atoms with van der Waals surface area (Å²) in [5, 5.41) is 14.7. The van der Waals surface area contributed by atoms with Gasteiger partial charge in [0.2, 0.25) is 0 Å². The molecule has 6 nitrogen and oxygen atoms in total. The van der Waals surface area contributed by atoms with Crippen molar-refractivity contribution < 1.29 is 4.79 Å². The Hall–Kier alpha value is -2.60. The van der Waals surface area contributed by atoms with Gasteiger partial charge < -0.3 is 5.32 Å². The standard InChI is InChI=1S/C16H16ClN5O/c1-2-22-8-7-13(21-22)10-18-16(23)15-9-14(19-20-15)11-3-5-12(17)6-4-11/h3-9H,2,10H2,1H3,(H,18,23)(H,19,20). The molecule has 0 saturated carbocycles. The highest BCUT2D eigenvalue weighted by atomic mass is 35.5. The zero-order valence-electron chi connectivity index (χ0n) is 12.6. The van der Waals surface area contributed by atoms with Gasteiger partial charge in [0, 0.05) is 23.3 Å². The quantitative estimate of drug-likeness (QED) is 0.755. The van der Waals surface area contributed by atoms with Crippen LogP contribution in [0, 0.1) is 0 Å². The Morgan fingerprint density at radius 1 is 1.30 bits per heavy atom. The minimum Gasteiger partial charge on any atom is -0.345 e. The maximum absolute atomic E-state index is 12.2. The first-order valence-electron chi connectivity index (χ1n) is 7.27. The lowest BCUT2D eigenvalue weighted by molar-refractivity contribution is 0.0945. The first-order valence-corrected chi connectivity index (χ1v) is 7.65. The van der Waals surface area contributed by atoms with E-state index in [4.69, 9.17) is 11.6 Å². The van der Waals surface area contributed by atoms with Crippen LogP contribution in [-0.4, -0.2) is 25.9 Å². The smallest absolute Gasteiger partial charge is 0.269 e. The van der Waals surface area contributed by atoms with Gasteiger partial charge in [0.25, 0.3) is 5.91 Å². The molecular formula is C16H16ClN5O. The van der Waals surface area contributed by atoms with Crippen molar-refractivity contribution in [2.75, 3.05) is 0 Å². The Morgan fingerprint density at radius 3 is 2.78 bits per heavy atom. The van der Waals surface area contributed by atoms with E-state index >= 15 is 0 Å². The molecule has 0 aliphatic carbocycles. The van der Waals surface area contributed by atoms with E-state index in [1.165, 1.54) is 0 Å². The van der Waals surface area contributed by atoms with Crippen LogP contribution in [0.2, 0.25) is 5.02 Å². The van der Waals surface area contributed by atoms with Crippen molar-refractivity contribution in [2.24, 2.45) is 0 Å². The predicted molar refractivity (Wildman–Crippen MR) is 88.1 cm³/mol. The summed E-state index contributed by atoms with van der Waals surface area (Å²) in [6.07, 6.45) is 1.89. The zero-order valence-corrected chi connectivity index (χ0v) is 13.3. The second kappa shape index (κ2) is 6.66. The molecule has 23 heavy (non-hydrogen) atoms. The van der Waals surface area contributed by atoms with E-state index in [0.717, 1.165) is 17.8 Å². The van der Waals surface area contributed by atoms with Crippen LogP contribution in [0.1, 0.15) is 23.1 Å². The van der Waals surface area contributed by atoms with Gasteiger partial charge in [0.05, 0.1) is 17.9 Å². The molecule has 0 bridgehead atoms. The number of hydrogen-bond donors (Lipinski definition) is 2. The number of carbonyl (C=O) groups is 1. The summed E-state index contributed by atoms with van der Waals surface area (Å²) in [7, 11) is 0. The largest absolute Gasteiger partial charge is 0.345 e. The van der Waals surface area contributed by atoms with E-state index in [2.05, 4.69) is 20.6 Å². The number of carbonyl (C=O) groups excluding carboxylic acids is 1. The zero-order chi connectivity index (χ0) is 16.2. The number of halogens is 1. The van der Waals surface area contributed by atoms with Crippen molar-refractivity contribution in [3.8, 4) is 11.3 Å². The van der Waals surface area contributed by atoms with Gasteiger partial charge in [0.1, 0.15) is 5.69 Å². The number of nitrogens with one attached hydrogen (secondary N) is 2. The van der Waals surface area contributed by atoms with Gasteiger partial charge in [-0.05, 0) is 31.2 Å². The van der Waals surface area contributed by atoms with Crippen LogP contribution in [0.3, 0.4) is 0 Å². The molecule has 0 saturated heterocycles. The Morgan fingerprint density at radius 2 is 2.09 bits per heavy atom. The van der Waals surface area contributed by atoms with E-state index in [1.807, 2.05) is 36.0 Å². The maximum Gasteiger partial charge on any atom is 0.269 e. The van der Waals surface area contributed by atoms with E-state index < -0.39 is 0 Å². The fraction of sp³-hybridized carbons (Fsp3) is 0.188. The van der Waals surface area contributed by atoms with Crippen LogP contribution in [0.4, 0.5) is 0 Å². The molecule has 0 radical (unpaired) electrons. The van der Waals surface area contributed by atoms with E-state index in [0.29, 0.717) is 23.0 Å². The molecule has 118 valence electrons. The van der Waals surface area contributed by atoms with Gasteiger partial charge >= 0.3 is 0 Å². The van der Waals surface area contributed by atoms with Crippen LogP contribution in [0.5, 0.6) is 0 Å². The Kier molecular flexibility index (Phi) is 4.43. The first kappa shape index (κ1) is 15.3. The summed E-state index contributed by atoms with van der Waals surface area (Å²) in [6.45, 7) is 3.19. The van der Waals surface area contributed by atoms with Crippen LogP contribution in [0.25, 0.3) is 11.3 Å². The SMILES string of the molecule is CCn1ccc(CNC(=O)c2cc(-c3ccc(Cl)cc3)n[nH]2)n1. The molecule has 0 atom stereocenters. The number of hydrogen-bond acceptors (Lipinski definition) is 3. The number of rotatable bonds is 5. The van der Waals surface area contributed by atoms with Gasteiger partial charge in [-0.2, -0.15) is 10.2 Å². The molecule has 0 aliphatic heterocycles.